The van der Waals surface area contributed by atoms with Crippen molar-refractivity contribution in [3.05, 3.63) is 29.8 Å². The quantitative estimate of drug-likeness (QED) is 0.818. The van der Waals surface area contributed by atoms with Crippen LogP contribution >= 0.6 is 0 Å². The topological polar surface area (TPSA) is 95.9 Å². The summed E-state index contributed by atoms with van der Waals surface area (Å²) in [5.74, 6) is -0.826. The average Bonchev–Trinajstić information content (AvgIpc) is 3.04. The number of carboxylic acids is 1. The van der Waals surface area contributed by atoms with E-state index >= 15 is 0 Å². The minimum absolute atomic E-state index is 0.0235. The highest BCUT2D eigenvalue weighted by Crippen LogP contribution is 2.24. The second kappa shape index (κ2) is 7.81. The van der Waals surface area contributed by atoms with Crippen molar-refractivity contribution in [1.29, 1.82) is 0 Å². The van der Waals surface area contributed by atoms with E-state index in [4.69, 9.17) is 4.74 Å². The Hall–Kier alpha value is -2.57. The highest BCUT2D eigenvalue weighted by molar-refractivity contribution is 5.85. The maximum Gasteiger partial charge on any atom is 0.326 e. The van der Waals surface area contributed by atoms with Gasteiger partial charge in [-0.25, -0.2) is 4.79 Å². The van der Waals surface area contributed by atoms with Gasteiger partial charge in [-0.2, -0.15) is 0 Å². The van der Waals surface area contributed by atoms with E-state index in [1.807, 2.05) is 0 Å². The average molecular weight is 334 g/mol. The highest BCUT2D eigenvalue weighted by Gasteiger charge is 2.34. The number of ether oxygens (including phenoxy) is 1. The molecule has 1 aliphatic rings. The molecule has 0 bridgehead atoms. The predicted molar refractivity (Wildman–Crippen MR) is 86.5 cm³/mol. The summed E-state index contributed by atoms with van der Waals surface area (Å²) < 4.78 is 5.11. The van der Waals surface area contributed by atoms with E-state index in [0.717, 1.165) is 5.56 Å². The minimum Gasteiger partial charge on any atom is -0.497 e. The van der Waals surface area contributed by atoms with Gasteiger partial charge in [0.05, 0.1) is 19.6 Å². The first-order valence-corrected chi connectivity index (χ1v) is 7.85. The predicted octanol–water partition coefficient (Wildman–Crippen LogP) is 1.34. The molecule has 1 heterocycles. The fourth-order valence-electron chi connectivity index (χ4n) is 2.95. The maximum absolute atomic E-state index is 12.5. The summed E-state index contributed by atoms with van der Waals surface area (Å²) in [7, 11) is 1.56. The molecule has 1 aromatic rings. The van der Waals surface area contributed by atoms with Gasteiger partial charge in [-0.1, -0.05) is 12.1 Å². The van der Waals surface area contributed by atoms with Gasteiger partial charge in [0.15, 0.2) is 0 Å². The Kier molecular flexibility index (Phi) is 5.78. The molecule has 7 heteroatoms. The van der Waals surface area contributed by atoms with Crippen molar-refractivity contribution in [3.63, 3.8) is 0 Å². The van der Waals surface area contributed by atoms with Crippen LogP contribution in [0, 0.1) is 0 Å². The molecule has 2 amide bonds. The molecule has 0 unspecified atom stereocenters. The Morgan fingerprint density at radius 2 is 2.00 bits per heavy atom. The molecule has 2 rings (SSSR count). The van der Waals surface area contributed by atoms with Crippen molar-refractivity contribution in [1.82, 2.24) is 10.2 Å². The van der Waals surface area contributed by atoms with Crippen LogP contribution in [0.15, 0.2) is 24.3 Å². The second-order valence-electron chi connectivity index (χ2n) is 5.81. The standard InChI is InChI=1S/C17H22N2O5/c1-11(20)18-14(12-5-7-13(24-2)8-6-12)10-16(21)19-9-3-4-15(19)17(22)23/h5-8,14-15H,3-4,9-10H2,1-2H3,(H,18,20)(H,22,23)/t14-,15+/m0/s1. The van der Waals surface area contributed by atoms with Crippen LogP contribution in [0.25, 0.3) is 0 Å². The smallest absolute Gasteiger partial charge is 0.326 e. The highest BCUT2D eigenvalue weighted by atomic mass is 16.5. The fourth-order valence-corrected chi connectivity index (χ4v) is 2.95. The van der Waals surface area contributed by atoms with E-state index in [1.165, 1.54) is 11.8 Å². The Labute approximate surface area is 140 Å². The van der Waals surface area contributed by atoms with Gasteiger partial charge in [0, 0.05) is 13.5 Å². The van der Waals surface area contributed by atoms with Crippen molar-refractivity contribution >= 4 is 17.8 Å². The molecule has 1 saturated heterocycles. The van der Waals surface area contributed by atoms with Crippen molar-refractivity contribution in [3.8, 4) is 5.75 Å². The van der Waals surface area contributed by atoms with E-state index in [1.54, 1.807) is 31.4 Å². The lowest BCUT2D eigenvalue weighted by Gasteiger charge is -2.25. The van der Waals surface area contributed by atoms with Gasteiger partial charge >= 0.3 is 5.97 Å². The molecule has 7 nitrogen and oxygen atoms in total. The number of hydrogen-bond acceptors (Lipinski definition) is 4. The van der Waals surface area contributed by atoms with Crippen molar-refractivity contribution in [2.24, 2.45) is 0 Å². The number of likely N-dealkylation sites (tertiary alicyclic amines) is 1. The monoisotopic (exact) mass is 334 g/mol. The van der Waals surface area contributed by atoms with Gasteiger partial charge < -0.3 is 20.1 Å². The summed E-state index contributed by atoms with van der Waals surface area (Å²) in [5, 5.41) is 12.0. The Morgan fingerprint density at radius 1 is 1.33 bits per heavy atom. The summed E-state index contributed by atoms with van der Waals surface area (Å²) >= 11 is 0. The SMILES string of the molecule is COc1ccc([C@H](CC(=O)N2CCC[C@@H]2C(=O)O)NC(C)=O)cc1. The third kappa shape index (κ3) is 4.24. The molecular formula is C17H22N2O5. The molecule has 2 atom stereocenters. The fraction of sp³-hybridized carbons (Fsp3) is 0.471. The molecule has 130 valence electrons. The largest absolute Gasteiger partial charge is 0.497 e. The lowest BCUT2D eigenvalue weighted by Crippen LogP contribution is -2.42. The summed E-state index contributed by atoms with van der Waals surface area (Å²) in [6, 6.07) is 5.80. The number of nitrogens with zero attached hydrogens (tertiary/aromatic N) is 1. The third-order valence-electron chi connectivity index (χ3n) is 4.13. The van der Waals surface area contributed by atoms with Gasteiger partial charge in [-0.15, -0.1) is 0 Å². The van der Waals surface area contributed by atoms with Crippen molar-refractivity contribution < 1.29 is 24.2 Å². The van der Waals surface area contributed by atoms with Gasteiger partial charge in [0.1, 0.15) is 11.8 Å². The number of benzene rings is 1. The van der Waals surface area contributed by atoms with Crippen LogP contribution in [0.5, 0.6) is 5.75 Å². The first-order chi connectivity index (χ1) is 11.4. The molecule has 1 fully saturated rings. The third-order valence-corrected chi connectivity index (χ3v) is 4.13. The number of aliphatic carboxylic acids is 1. The van der Waals surface area contributed by atoms with Crippen LogP contribution in [0.2, 0.25) is 0 Å². The van der Waals surface area contributed by atoms with E-state index in [-0.39, 0.29) is 18.2 Å². The van der Waals surface area contributed by atoms with Crippen LogP contribution in [-0.2, 0) is 14.4 Å². The number of methoxy groups -OCH3 is 1. The number of hydrogen-bond donors (Lipinski definition) is 2. The van der Waals surface area contributed by atoms with Crippen molar-refractivity contribution in [2.75, 3.05) is 13.7 Å². The molecule has 0 radical (unpaired) electrons. The van der Waals surface area contributed by atoms with Crippen LogP contribution in [0.4, 0.5) is 0 Å². The summed E-state index contributed by atoms with van der Waals surface area (Å²) in [5.41, 5.74) is 0.769. The number of amides is 2. The van der Waals surface area contributed by atoms with Crippen molar-refractivity contribution in [2.45, 2.75) is 38.3 Å². The zero-order valence-corrected chi connectivity index (χ0v) is 13.8. The van der Waals surface area contributed by atoms with E-state index < -0.39 is 18.1 Å². The van der Waals surface area contributed by atoms with E-state index in [9.17, 15) is 19.5 Å². The van der Waals surface area contributed by atoms with E-state index in [0.29, 0.717) is 25.1 Å². The lowest BCUT2D eigenvalue weighted by atomic mass is 10.0. The molecule has 24 heavy (non-hydrogen) atoms. The second-order valence-corrected chi connectivity index (χ2v) is 5.81. The van der Waals surface area contributed by atoms with Crippen LogP contribution < -0.4 is 10.1 Å². The first kappa shape index (κ1) is 17.8. The molecule has 1 aromatic carbocycles. The summed E-state index contributed by atoms with van der Waals surface area (Å²) in [6.45, 7) is 1.82. The van der Waals surface area contributed by atoms with Crippen LogP contribution in [0.1, 0.15) is 37.8 Å². The Morgan fingerprint density at radius 3 is 2.54 bits per heavy atom. The zero-order valence-electron chi connectivity index (χ0n) is 13.8. The Bertz CT molecular complexity index is 614. The molecule has 0 spiro atoms. The number of carboxylic acid groups (broad SMARTS) is 1. The van der Waals surface area contributed by atoms with Gasteiger partial charge in [0.25, 0.3) is 0 Å². The molecular weight excluding hydrogens is 312 g/mol. The lowest BCUT2D eigenvalue weighted by molar-refractivity contribution is -0.148. The number of carbonyl (C=O) groups excluding carboxylic acids is 2. The molecule has 0 aromatic heterocycles. The summed E-state index contributed by atoms with van der Waals surface area (Å²) in [6.07, 6.45) is 1.17. The Balaban J connectivity index is 2.14. The number of rotatable bonds is 6. The van der Waals surface area contributed by atoms with Crippen LogP contribution in [-0.4, -0.2) is 47.5 Å². The van der Waals surface area contributed by atoms with Crippen LogP contribution in [0.3, 0.4) is 0 Å². The normalized spacial score (nSPS) is 18.1. The molecule has 1 aliphatic heterocycles. The zero-order chi connectivity index (χ0) is 17.7. The number of carbonyl (C=O) groups is 3. The molecule has 0 saturated carbocycles. The van der Waals surface area contributed by atoms with Gasteiger partial charge in [-0.3, -0.25) is 9.59 Å². The maximum atomic E-state index is 12.5. The van der Waals surface area contributed by atoms with Gasteiger partial charge in [0.2, 0.25) is 11.8 Å². The number of nitrogens with one attached hydrogen (secondary N) is 1. The minimum atomic E-state index is -0.985. The van der Waals surface area contributed by atoms with Gasteiger partial charge in [-0.05, 0) is 30.5 Å². The first-order valence-electron chi connectivity index (χ1n) is 7.85. The molecule has 0 aliphatic carbocycles. The summed E-state index contributed by atoms with van der Waals surface area (Å²) in [4.78, 5) is 36.6. The van der Waals surface area contributed by atoms with E-state index in [2.05, 4.69) is 5.32 Å². The molecule has 2 N–H and O–H groups in total.